The number of nitrogen functional groups attached to an aromatic ring is 1. The van der Waals surface area contributed by atoms with Gasteiger partial charge < -0.3 is 5.73 Å². The van der Waals surface area contributed by atoms with Gasteiger partial charge in [-0.1, -0.05) is 0 Å². The molecule has 0 unspecified atom stereocenters. The van der Waals surface area contributed by atoms with Crippen molar-refractivity contribution in [1.29, 1.82) is 0 Å². The maximum Gasteiger partial charge on any atom is 0.282 e. The van der Waals surface area contributed by atoms with Gasteiger partial charge in [0.2, 0.25) is 5.95 Å². The first-order chi connectivity index (χ1) is 8.58. The Balaban J connectivity index is 2.43. The number of alkyl halides is 2. The summed E-state index contributed by atoms with van der Waals surface area (Å²) in [6.07, 6.45) is -1.07. The predicted molar refractivity (Wildman–Crippen MR) is 64.6 cm³/mol. The molecule has 3 heterocycles. The van der Waals surface area contributed by atoms with Gasteiger partial charge in [-0.05, 0) is 12.5 Å². The van der Waals surface area contributed by atoms with Crippen LogP contribution in [0.25, 0.3) is 20.4 Å². The van der Waals surface area contributed by atoms with Crippen LogP contribution in [0.1, 0.15) is 17.7 Å². The van der Waals surface area contributed by atoms with E-state index >= 15 is 0 Å². The first-order valence-electron chi connectivity index (χ1n) is 5.04. The van der Waals surface area contributed by atoms with E-state index in [9.17, 15) is 8.78 Å². The highest BCUT2D eigenvalue weighted by molar-refractivity contribution is 7.25. The van der Waals surface area contributed by atoms with E-state index in [0.717, 1.165) is 4.70 Å². The topological polar surface area (TPSA) is 77.6 Å². The number of halogens is 2. The molecule has 3 aromatic heterocycles. The van der Waals surface area contributed by atoms with Crippen LogP contribution in [-0.2, 0) is 0 Å². The molecule has 0 saturated carbocycles. The highest BCUT2D eigenvalue weighted by Crippen LogP contribution is 2.35. The molecule has 3 aromatic rings. The molecule has 0 aliphatic carbocycles. The van der Waals surface area contributed by atoms with E-state index in [2.05, 4.69) is 20.2 Å². The summed E-state index contributed by atoms with van der Waals surface area (Å²) in [6.45, 7) is 1.60. The molecule has 3 rings (SSSR count). The number of thiophene rings is 1. The van der Waals surface area contributed by atoms with Gasteiger partial charge in [-0.2, -0.15) is 0 Å². The number of nitrogens with zero attached hydrogens (tertiary/aromatic N) is 4. The fourth-order valence-corrected chi connectivity index (χ4v) is 2.80. The van der Waals surface area contributed by atoms with Crippen LogP contribution in [0.15, 0.2) is 6.20 Å². The smallest absolute Gasteiger partial charge is 0.282 e. The third-order valence-corrected chi connectivity index (χ3v) is 3.84. The summed E-state index contributed by atoms with van der Waals surface area (Å²) in [4.78, 5) is 7.94. The molecule has 0 atom stereocenters. The highest BCUT2D eigenvalue weighted by Gasteiger charge is 2.19. The Morgan fingerprint density at radius 1 is 1.28 bits per heavy atom. The zero-order valence-electron chi connectivity index (χ0n) is 9.19. The Kier molecular flexibility index (Phi) is 2.34. The molecular weight excluding hydrogens is 260 g/mol. The van der Waals surface area contributed by atoms with Crippen molar-refractivity contribution >= 4 is 37.7 Å². The Hall–Kier alpha value is -1.96. The minimum absolute atomic E-state index is 0.125. The quantitative estimate of drug-likeness (QED) is 0.732. The summed E-state index contributed by atoms with van der Waals surface area (Å²) in [5.74, 6) is 0.125. The number of aryl methyl sites for hydroxylation is 1. The summed E-state index contributed by atoms with van der Waals surface area (Å²) < 4.78 is 26.9. The second-order valence-corrected chi connectivity index (χ2v) is 4.78. The van der Waals surface area contributed by atoms with Gasteiger partial charge in [-0.15, -0.1) is 21.5 Å². The van der Waals surface area contributed by atoms with Crippen molar-refractivity contribution in [2.24, 2.45) is 0 Å². The van der Waals surface area contributed by atoms with Gasteiger partial charge in [-0.3, -0.25) is 0 Å². The minimum atomic E-state index is -2.64. The molecule has 2 N–H and O–H groups in total. The van der Waals surface area contributed by atoms with Crippen LogP contribution in [0.2, 0.25) is 0 Å². The van der Waals surface area contributed by atoms with Gasteiger partial charge in [0.15, 0.2) is 0 Å². The lowest BCUT2D eigenvalue weighted by atomic mass is 10.2. The van der Waals surface area contributed by atoms with Crippen molar-refractivity contribution in [2.45, 2.75) is 13.3 Å². The van der Waals surface area contributed by atoms with E-state index in [1.807, 2.05) is 0 Å². The molecule has 0 fully saturated rings. The molecule has 18 heavy (non-hydrogen) atoms. The van der Waals surface area contributed by atoms with Crippen molar-refractivity contribution in [1.82, 2.24) is 20.2 Å². The largest absolute Gasteiger partial charge is 0.368 e. The molecule has 0 saturated heterocycles. The van der Waals surface area contributed by atoms with Crippen LogP contribution in [-0.4, -0.2) is 20.2 Å². The number of fused-ring (bicyclic) bond motifs is 3. The SMILES string of the molecule is Cc1c(C(F)F)nnc2c1sc1cnc(N)nc12. The van der Waals surface area contributed by atoms with Crippen molar-refractivity contribution in [2.75, 3.05) is 5.73 Å². The van der Waals surface area contributed by atoms with Crippen LogP contribution >= 0.6 is 11.3 Å². The third-order valence-electron chi connectivity index (χ3n) is 2.61. The summed E-state index contributed by atoms with van der Waals surface area (Å²) >= 11 is 1.31. The molecule has 0 aliphatic heterocycles. The number of anilines is 1. The molecule has 0 radical (unpaired) electrons. The van der Waals surface area contributed by atoms with E-state index < -0.39 is 6.43 Å². The van der Waals surface area contributed by atoms with Crippen molar-refractivity contribution in [3.63, 3.8) is 0 Å². The average Bonchev–Trinajstić information content (AvgIpc) is 2.68. The number of aromatic nitrogens is 4. The molecule has 92 valence electrons. The van der Waals surface area contributed by atoms with Gasteiger partial charge in [0.25, 0.3) is 6.43 Å². The fourth-order valence-electron chi connectivity index (χ4n) is 1.74. The Morgan fingerprint density at radius 3 is 2.78 bits per heavy atom. The Bertz CT molecular complexity index is 755. The molecule has 0 aliphatic rings. The van der Waals surface area contributed by atoms with Crippen LogP contribution in [0.3, 0.4) is 0 Å². The first kappa shape index (κ1) is 11.1. The van der Waals surface area contributed by atoms with Gasteiger partial charge >= 0.3 is 0 Å². The normalized spacial score (nSPS) is 11.8. The molecule has 5 nitrogen and oxygen atoms in total. The fraction of sp³-hybridized carbons (Fsp3) is 0.200. The standard InChI is InChI=1S/C10H7F2N5S/c1-3-5(9(11)12)16-17-7-6-4(18-8(3)7)2-14-10(13)15-6/h2,9H,1H3,(H2,13,14,15). The maximum absolute atomic E-state index is 12.7. The Labute approximate surface area is 104 Å². The summed E-state index contributed by atoms with van der Waals surface area (Å²) in [6, 6.07) is 0. The molecule has 8 heteroatoms. The molecule has 0 bridgehead atoms. The lowest BCUT2D eigenvalue weighted by Crippen LogP contribution is -1.98. The van der Waals surface area contributed by atoms with Crippen LogP contribution in [0.4, 0.5) is 14.7 Å². The van der Waals surface area contributed by atoms with Gasteiger partial charge in [-0.25, -0.2) is 18.7 Å². The Morgan fingerprint density at radius 2 is 2.06 bits per heavy atom. The average molecular weight is 267 g/mol. The second kappa shape index (κ2) is 3.77. The van der Waals surface area contributed by atoms with Crippen LogP contribution in [0, 0.1) is 6.92 Å². The summed E-state index contributed by atoms with van der Waals surface area (Å²) in [5, 5.41) is 7.39. The van der Waals surface area contributed by atoms with Gasteiger partial charge in [0.05, 0.1) is 15.6 Å². The van der Waals surface area contributed by atoms with E-state index in [1.54, 1.807) is 13.1 Å². The molecule has 0 spiro atoms. The van der Waals surface area contributed by atoms with E-state index in [0.29, 0.717) is 21.3 Å². The molecule has 0 amide bonds. The van der Waals surface area contributed by atoms with E-state index in [1.165, 1.54) is 11.3 Å². The van der Waals surface area contributed by atoms with E-state index in [4.69, 9.17) is 5.73 Å². The zero-order valence-corrected chi connectivity index (χ0v) is 10.0. The maximum atomic E-state index is 12.7. The van der Waals surface area contributed by atoms with E-state index in [-0.39, 0.29) is 11.6 Å². The van der Waals surface area contributed by atoms with Crippen molar-refractivity contribution in [3.05, 3.63) is 17.5 Å². The number of nitrogens with two attached hydrogens (primary N) is 1. The molecule has 0 aromatic carbocycles. The van der Waals surface area contributed by atoms with Crippen LogP contribution < -0.4 is 5.73 Å². The van der Waals surface area contributed by atoms with Gasteiger partial charge in [0, 0.05) is 0 Å². The van der Waals surface area contributed by atoms with Crippen molar-refractivity contribution < 1.29 is 8.78 Å². The first-order valence-corrected chi connectivity index (χ1v) is 5.85. The van der Waals surface area contributed by atoms with Gasteiger partial charge in [0.1, 0.15) is 16.7 Å². The second-order valence-electron chi connectivity index (χ2n) is 3.73. The lowest BCUT2D eigenvalue weighted by Gasteiger charge is -2.02. The number of hydrogen-bond donors (Lipinski definition) is 1. The lowest BCUT2D eigenvalue weighted by molar-refractivity contribution is 0.144. The monoisotopic (exact) mass is 267 g/mol. The summed E-state index contributed by atoms with van der Waals surface area (Å²) in [7, 11) is 0. The summed E-state index contributed by atoms with van der Waals surface area (Å²) in [5.41, 5.74) is 6.68. The predicted octanol–water partition coefficient (Wildman–Crippen LogP) is 2.46. The van der Waals surface area contributed by atoms with Crippen LogP contribution in [0.5, 0.6) is 0 Å². The number of rotatable bonds is 1. The van der Waals surface area contributed by atoms with Crippen molar-refractivity contribution in [3.8, 4) is 0 Å². The molecular formula is C10H7F2N5S. The minimum Gasteiger partial charge on any atom is -0.368 e. The number of hydrogen-bond acceptors (Lipinski definition) is 6. The third kappa shape index (κ3) is 1.49. The highest BCUT2D eigenvalue weighted by atomic mass is 32.1. The zero-order chi connectivity index (χ0) is 12.9.